The second-order valence-corrected chi connectivity index (χ2v) is 5.37. The Bertz CT molecular complexity index is 546. The molecule has 0 amide bonds. The highest BCUT2D eigenvalue weighted by Gasteiger charge is 2.24. The largest absolute Gasteiger partial charge is 0.480 e. The molecule has 1 aromatic rings. The van der Waals surface area contributed by atoms with Gasteiger partial charge >= 0.3 is 5.97 Å². The Morgan fingerprint density at radius 3 is 2.59 bits per heavy atom. The number of hydrogen-bond acceptors (Lipinski definition) is 3. The molecule has 0 aliphatic carbocycles. The Labute approximate surface area is 102 Å². The third-order valence-electron chi connectivity index (χ3n) is 1.89. The summed E-state index contributed by atoms with van der Waals surface area (Å²) in [7, 11) is -4.22. The topological polar surface area (TPSA) is 83.5 Å². The van der Waals surface area contributed by atoms with Crippen LogP contribution in [-0.2, 0) is 14.8 Å². The summed E-state index contributed by atoms with van der Waals surface area (Å²) in [4.78, 5) is 9.86. The fourth-order valence-electron chi connectivity index (χ4n) is 1.04. The van der Waals surface area contributed by atoms with Crippen molar-refractivity contribution in [3.63, 3.8) is 0 Å². The van der Waals surface area contributed by atoms with Gasteiger partial charge < -0.3 is 5.11 Å². The fraction of sp³-hybridized carbons (Fsp3) is 0.222. The molecule has 0 aliphatic heterocycles. The van der Waals surface area contributed by atoms with E-state index in [-0.39, 0.29) is 5.02 Å². The second-order valence-electron chi connectivity index (χ2n) is 3.26. The van der Waals surface area contributed by atoms with Crippen molar-refractivity contribution < 1.29 is 22.7 Å². The molecule has 1 aromatic carbocycles. The van der Waals surface area contributed by atoms with Crippen molar-refractivity contribution in [2.75, 3.05) is 0 Å². The molecular formula is C9H9ClFNO4S. The quantitative estimate of drug-likeness (QED) is 0.869. The first-order chi connectivity index (χ1) is 7.74. The van der Waals surface area contributed by atoms with Gasteiger partial charge in [-0.15, -0.1) is 0 Å². The van der Waals surface area contributed by atoms with Crippen molar-refractivity contribution in [1.29, 1.82) is 0 Å². The highest BCUT2D eigenvalue weighted by Crippen LogP contribution is 2.18. The maximum Gasteiger partial charge on any atom is 0.321 e. The van der Waals surface area contributed by atoms with Crippen LogP contribution in [0.5, 0.6) is 0 Å². The van der Waals surface area contributed by atoms with Gasteiger partial charge in [0.15, 0.2) is 0 Å². The van der Waals surface area contributed by atoms with Gasteiger partial charge in [-0.1, -0.05) is 11.6 Å². The summed E-state index contributed by atoms with van der Waals surface area (Å²) in [5.74, 6) is -2.40. The van der Waals surface area contributed by atoms with Gasteiger partial charge in [0.05, 0.1) is 0 Å². The fourth-order valence-corrected chi connectivity index (χ4v) is 2.45. The molecular weight excluding hydrogens is 273 g/mol. The molecule has 2 N–H and O–H groups in total. The van der Waals surface area contributed by atoms with Gasteiger partial charge in [-0.2, -0.15) is 4.72 Å². The predicted molar refractivity (Wildman–Crippen MR) is 58.8 cm³/mol. The zero-order valence-electron chi connectivity index (χ0n) is 8.65. The Balaban J connectivity index is 3.10. The normalized spacial score (nSPS) is 13.4. The van der Waals surface area contributed by atoms with E-state index < -0.39 is 32.7 Å². The van der Waals surface area contributed by atoms with E-state index in [0.717, 1.165) is 19.1 Å². The highest BCUT2D eigenvalue weighted by molar-refractivity contribution is 7.89. The molecule has 0 heterocycles. The molecule has 0 bridgehead atoms. The molecule has 0 aromatic heterocycles. The highest BCUT2D eigenvalue weighted by atomic mass is 35.5. The standard InChI is InChI=1S/C9H9ClFNO4S/c1-5(9(13)14)12-17(15,16)8-3-2-6(10)4-7(8)11/h2-5,12H,1H3,(H,13,14)/t5-/m0/s1. The molecule has 0 saturated heterocycles. The molecule has 1 atom stereocenters. The minimum absolute atomic E-state index is 0.0488. The van der Waals surface area contributed by atoms with Gasteiger partial charge in [-0.05, 0) is 25.1 Å². The number of aliphatic carboxylic acids is 1. The molecule has 5 nitrogen and oxygen atoms in total. The van der Waals surface area contributed by atoms with Crippen molar-refractivity contribution >= 4 is 27.6 Å². The minimum Gasteiger partial charge on any atom is -0.480 e. The third-order valence-corrected chi connectivity index (χ3v) is 3.69. The summed E-state index contributed by atoms with van der Waals surface area (Å²) in [6.45, 7) is 1.13. The van der Waals surface area contributed by atoms with E-state index >= 15 is 0 Å². The second kappa shape index (κ2) is 4.99. The summed E-state index contributed by atoms with van der Waals surface area (Å²) >= 11 is 5.47. The van der Waals surface area contributed by atoms with E-state index in [1.807, 2.05) is 4.72 Å². The first kappa shape index (κ1) is 13.9. The van der Waals surface area contributed by atoms with E-state index in [2.05, 4.69) is 0 Å². The van der Waals surface area contributed by atoms with Crippen molar-refractivity contribution in [3.8, 4) is 0 Å². The first-order valence-corrected chi connectivity index (χ1v) is 6.30. The number of rotatable bonds is 4. The van der Waals surface area contributed by atoms with Crippen LogP contribution >= 0.6 is 11.6 Å². The van der Waals surface area contributed by atoms with Crippen LogP contribution < -0.4 is 4.72 Å². The third kappa shape index (κ3) is 3.39. The summed E-state index contributed by atoms with van der Waals surface area (Å²) in [6, 6.07) is 1.65. The number of carboxylic acids is 1. The number of carboxylic acid groups (broad SMARTS) is 1. The first-order valence-electron chi connectivity index (χ1n) is 4.44. The molecule has 94 valence electrons. The van der Waals surface area contributed by atoms with E-state index in [1.165, 1.54) is 6.07 Å². The Morgan fingerprint density at radius 1 is 1.53 bits per heavy atom. The van der Waals surface area contributed by atoms with Gasteiger partial charge in [0.1, 0.15) is 16.8 Å². The predicted octanol–water partition coefficient (Wildman–Crippen LogP) is 1.23. The van der Waals surface area contributed by atoms with Crippen molar-refractivity contribution in [1.82, 2.24) is 4.72 Å². The van der Waals surface area contributed by atoms with Gasteiger partial charge in [0.25, 0.3) is 0 Å². The summed E-state index contributed by atoms with van der Waals surface area (Å²) in [6.07, 6.45) is 0. The van der Waals surface area contributed by atoms with Crippen molar-refractivity contribution in [2.45, 2.75) is 17.9 Å². The minimum atomic E-state index is -4.22. The van der Waals surface area contributed by atoms with Gasteiger partial charge in [0, 0.05) is 5.02 Å². The lowest BCUT2D eigenvalue weighted by Gasteiger charge is -2.10. The molecule has 0 radical (unpaired) electrons. The number of carbonyl (C=O) groups is 1. The average molecular weight is 282 g/mol. The van der Waals surface area contributed by atoms with Gasteiger partial charge in [0.2, 0.25) is 10.0 Å². The summed E-state index contributed by atoms with van der Waals surface area (Å²) < 4.78 is 38.4. The number of nitrogens with one attached hydrogen (secondary N) is 1. The molecule has 8 heteroatoms. The molecule has 1 rings (SSSR count). The summed E-state index contributed by atoms with van der Waals surface area (Å²) in [5, 5.41) is 8.61. The Hall–Kier alpha value is -1.18. The monoisotopic (exact) mass is 281 g/mol. The van der Waals surface area contributed by atoms with Crippen LogP contribution in [0.3, 0.4) is 0 Å². The number of hydrogen-bond donors (Lipinski definition) is 2. The van der Waals surface area contributed by atoms with E-state index in [9.17, 15) is 17.6 Å². The SMILES string of the molecule is C[C@H](NS(=O)(=O)c1ccc(Cl)cc1F)C(=O)O. The molecule has 0 unspecified atom stereocenters. The van der Waals surface area contributed by atoms with E-state index in [1.54, 1.807) is 0 Å². The lowest BCUT2D eigenvalue weighted by molar-refractivity contribution is -0.138. The van der Waals surface area contributed by atoms with Crippen LogP contribution in [0.15, 0.2) is 23.1 Å². The Morgan fingerprint density at radius 2 is 2.12 bits per heavy atom. The number of sulfonamides is 1. The van der Waals surface area contributed by atoms with Crippen molar-refractivity contribution in [3.05, 3.63) is 29.0 Å². The van der Waals surface area contributed by atoms with Crippen LogP contribution in [0.4, 0.5) is 4.39 Å². The zero-order chi connectivity index (χ0) is 13.2. The molecule has 17 heavy (non-hydrogen) atoms. The van der Waals surface area contributed by atoms with Gasteiger partial charge in [-0.25, -0.2) is 12.8 Å². The number of halogens is 2. The van der Waals surface area contributed by atoms with E-state index in [4.69, 9.17) is 16.7 Å². The average Bonchev–Trinajstić information content (AvgIpc) is 2.15. The molecule has 0 fully saturated rings. The smallest absolute Gasteiger partial charge is 0.321 e. The molecule has 0 spiro atoms. The maximum atomic E-state index is 13.3. The van der Waals surface area contributed by atoms with Crippen LogP contribution in [0.2, 0.25) is 5.02 Å². The van der Waals surface area contributed by atoms with E-state index in [0.29, 0.717) is 0 Å². The lowest BCUT2D eigenvalue weighted by atomic mass is 10.3. The van der Waals surface area contributed by atoms with Crippen LogP contribution in [-0.4, -0.2) is 25.5 Å². The number of benzene rings is 1. The van der Waals surface area contributed by atoms with Gasteiger partial charge in [-0.3, -0.25) is 4.79 Å². The summed E-state index contributed by atoms with van der Waals surface area (Å²) in [5.41, 5.74) is 0. The van der Waals surface area contributed by atoms with Crippen LogP contribution in [0.25, 0.3) is 0 Å². The van der Waals surface area contributed by atoms with Crippen LogP contribution in [0.1, 0.15) is 6.92 Å². The molecule has 0 aliphatic rings. The lowest BCUT2D eigenvalue weighted by Crippen LogP contribution is -2.38. The van der Waals surface area contributed by atoms with Crippen molar-refractivity contribution in [2.24, 2.45) is 0 Å². The van der Waals surface area contributed by atoms with Crippen LogP contribution in [0, 0.1) is 5.82 Å². The zero-order valence-corrected chi connectivity index (χ0v) is 10.2. The Kier molecular flexibility index (Phi) is 4.07. The molecule has 0 saturated carbocycles. The maximum absolute atomic E-state index is 13.3.